The van der Waals surface area contributed by atoms with E-state index < -0.39 is 0 Å². The third-order valence-electron chi connectivity index (χ3n) is 6.61. The molecule has 1 aliphatic heterocycles. The number of piperidine rings is 1. The number of halogens is 1. The summed E-state index contributed by atoms with van der Waals surface area (Å²) in [7, 11) is 0. The van der Waals surface area contributed by atoms with Crippen LogP contribution in [0.4, 0.5) is 10.1 Å². The van der Waals surface area contributed by atoms with Crippen LogP contribution in [0.1, 0.15) is 31.2 Å². The normalized spacial score (nSPS) is 16.6. The van der Waals surface area contributed by atoms with Crippen molar-refractivity contribution in [3.8, 4) is 5.69 Å². The smallest absolute Gasteiger partial charge is 0.228 e. The van der Waals surface area contributed by atoms with Crippen molar-refractivity contribution in [2.24, 2.45) is 5.92 Å². The Bertz CT molecular complexity index is 1300. The second-order valence-electron chi connectivity index (χ2n) is 8.90. The van der Waals surface area contributed by atoms with Crippen LogP contribution in [0.5, 0.6) is 0 Å². The highest BCUT2D eigenvalue weighted by atomic mass is 19.1. The molecule has 0 saturated carbocycles. The highest BCUT2D eigenvalue weighted by Gasteiger charge is 2.27. The third-order valence-corrected chi connectivity index (χ3v) is 6.61. The minimum Gasteiger partial charge on any atom is -0.326 e. The van der Waals surface area contributed by atoms with Crippen LogP contribution in [0.15, 0.2) is 72.8 Å². The summed E-state index contributed by atoms with van der Waals surface area (Å²) in [4.78, 5) is 20.3. The van der Waals surface area contributed by atoms with Gasteiger partial charge in [0.15, 0.2) is 0 Å². The minimum atomic E-state index is -0.260. The lowest BCUT2D eigenvalue weighted by Crippen LogP contribution is -2.40. The van der Waals surface area contributed by atoms with Gasteiger partial charge in [0.05, 0.1) is 23.5 Å². The highest BCUT2D eigenvalue weighted by Crippen LogP contribution is 2.26. The molecule has 5 nitrogen and oxygen atoms in total. The lowest BCUT2D eigenvalue weighted by Gasteiger charge is -2.32. The summed E-state index contributed by atoms with van der Waals surface area (Å²) in [6.07, 6.45) is 2.72. The van der Waals surface area contributed by atoms with Crippen molar-refractivity contribution in [1.29, 1.82) is 0 Å². The Kier molecular flexibility index (Phi) is 6.41. The fourth-order valence-corrected chi connectivity index (χ4v) is 4.86. The summed E-state index contributed by atoms with van der Waals surface area (Å²) in [5.41, 5.74) is 4.84. The van der Waals surface area contributed by atoms with Crippen LogP contribution in [0.2, 0.25) is 0 Å². The molecule has 3 aromatic carbocycles. The van der Waals surface area contributed by atoms with Crippen LogP contribution in [-0.4, -0.2) is 33.4 Å². The Morgan fingerprint density at radius 3 is 2.65 bits per heavy atom. The van der Waals surface area contributed by atoms with Crippen molar-refractivity contribution in [3.63, 3.8) is 0 Å². The molecule has 1 atom stereocenters. The number of nitrogens with zero attached hydrogens (tertiary/aromatic N) is 3. The van der Waals surface area contributed by atoms with E-state index in [4.69, 9.17) is 4.98 Å². The molecule has 5 rings (SSSR count). The zero-order chi connectivity index (χ0) is 23.5. The topological polar surface area (TPSA) is 50.2 Å². The highest BCUT2D eigenvalue weighted by molar-refractivity contribution is 5.93. The second-order valence-corrected chi connectivity index (χ2v) is 8.90. The van der Waals surface area contributed by atoms with E-state index in [-0.39, 0.29) is 17.6 Å². The molecule has 0 aliphatic carbocycles. The molecule has 0 bridgehead atoms. The number of amides is 1. The lowest BCUT2D eigenvalue weighted by molar-refractivity contribution is -0.121. The van der Waals surface area contributed by atoms with Crippen LogP contribution >= 0.6 is 0 Å². The number of carbonyl (C=O) groups excluding carboxylic acids is 1. The number of anilines is 1. The minimum absolute atomic E-state index is 0.0673. The molecule has 1 aliphatic rings. The second kappa shape index (κ2) is 9.77. The molecule has 174 valence electrons. The number of carbonyl (C=O) groups is 1. The van der Waals surface area contributed by atoms with Gasteiger partial charge in [0.1, 0.15) is 11.6 Å². The van der Waals surface area contributed by atoms with E-state index in [1.165, 1.54) is 12.1 Å². The Morgan fingerprint density at radius 1 is 1.06 bits per heavy atom. The number of hydrogen-bond donors (Lipinski definition) is 1. The largest absolute Gasteiger partial charge is 0.326 e. The summed E-state index contributed by atoms with van der Waals surface area (Å²) >= 11 is 0. The lowest BCUT2D eigenvalue weighted by atomic mass is 9.96. The van der Waals surface area contributed by atoms with Crippen LogP contribution < -0.4 is 5.32 Å². The molecule has 1 N–H and O–H groups in total. The number of para-hydroxylation sites is 3. The van der Waals surface area contributed by atoms with E-state index in [1.807, 2.05) is 42.5 Å². The van der Waals surface area contributed by atoms with Crippen LogP contribution in [0, 0.1) is 11.7 Å². The molecule has 1 amide bonds. The van der Waals surface area contributed by atoms with Gasteiger partial charge in [0.25, 0.3) is 0 Å². The first kappa shape index (κ1) is 22.3. The standard InChI is InChI=1S/C28H29FN4O/c1-2-20-8-3-4-10-24(20)31-28(34)21-9-7-17-32(18-21)19-27-30-25-11-5-6-12-26(25)33(27)23-15-13-22(29)14-16-23/h3-6,8,10-16,21H,2,7,9,17-19H2,1H3,(H,31,34)/t21-/m0/s1. The Balaban J connectivity index is 1.36. The van der Waals surface area contributed by atoms with E-state index in [0.29, 0.717) is 13.1 Å². The van der Waals surface area contributed by atoms with E-state index in [2.05, 4.69) is 27.8 Å². The maximum Gasteiger partial charge on any atom is 0.228 e. The molecule has 6 heteroatoms. The van der Waals surface area contributed by atoms with Gasteiger partial charge in [-0.15, -0.1) is 0 Å². The van der Waals surface area contributed by atoms with Crippen molar-refractivity contribution in [2.75, 3.05) is 18.4 Å². The fraction of sp³-hybridized carbons (Fsp3) is 0.286. The van der Waals surface area contributed by atoms with Crippen molar-refractivity contribution >= 4 is 22.6 Å². The number of fused-ring (bicyclic) bond motifs is 1. The summed E-state index contributed by atoms with van der Waals surface area (Å²) in [5, 5.41) is 3.16. The maximum atomic E-state index is 13.6. The first-order chi connectivity index (χ1) is 16.6. The molecule has 0 spiro atoms. The van der Waals surface area contributed by atoms with Gasteiger partial charge in [-0.25, -0.2) is 9.37 Å². The van der Waals surface area contributed by atoms with E-state index >= 15 is 0 Å². The zero-order valence-corrected chi connectivity index (χ0v) is 19.4. The van der Waals surface area contributed by atoms with Crippen molar-refractivity contribution in [3.05, 3.63) is 90.0 Å². The zero-order valence-electron chi connectivity index (χ0n) is 19.4. The van der Waals surface area contributed by atoms with Gasteiger partial charge in [-0.05, 0) is 73.8 Å². The van der Waals surface area contributed by atoms with Gasteiger partial charge in [0.2, 0.25) is 5.91 Å². The molecule has 0 unspecified atom stereocenters. The molecule has 2 heterocycles. The van der Waals surface area contributed by atoms with Gasteiger partial charge in [0, 0.05) is 17.9 Å². The van der Waals surface area contributed by atoms with Crippen LogP contribution in [0.25, 0.3) is 16.7 Å². The van der Waals surface area contributed by atoms with Gasteiger partial charge < -0.3 is 5.32 Å². The van der Waals surface area contributed by atoms with Crippen molar-refractivity contribution < 1.29 is 9.18 Å². The van der Waals surface area contributed by atoms with Crippen LogP contribution in [0.3, 0.4) is 0 Å². The van der Waals surface area contributed by atoms with Crippen LogP contribution in [-0.2, 0) is 17.8 Å². The molecule has 0 radical (unpaired) electrons. The Hall–Kier alpha value is -3.51. The first-order valence-electron chi connectivity index (χ1n) is 12.0. The molecule has 1 aromatic heterocycles. The quantitative estimate of drug-likeness (QED) is 0.412. The summed E-state index contributed by atoms with van der Waals surface area (Å²) in [5.74, 6) is 0.648. The van der Waals surface area contributed by atoms with E-state index in [0.717, 1.165) is 59.6 Å². The summed E-state index contributed by atoms with van der Waals surface area (Å²) in [6, 6.07) is 22.5. The number of imidazole rings is 1. The van der Waals surface area contributed by atoms with Gasteiger partial charge in [-0.3, -0.25) is 14.3 Å². The first-order valence-corrected chi connectivity index (χ1v) is 12.0. The predicted molar refractivity (Wildman–Crippen MR) is 133 cm³/mol. The van der Waals surface area contributed by atoms with E-state index in [9.17, 15) is 9.18 Å². The molecular weight excluding hydrogens is 427 g/mol. The summed E-state index contributed by atoms with van der Waals surface area (Å²) in [6.45, 7) is 4.33. The molecule has 1 saturated heterocycles. The van der Waals surface area contributed by atoms with Gasteiger partial charge in [-0.2, -0.15) is 0 Å². The molecular formula is C28H29FN4O. The number of benzene rings is 3. The predicted octanol–water partition coefficient (Wildman–Crippen LogP) is 5.58. The monoisotopic (exact) mass is 456 g/mol. The number of hydrogen-bond acceptors (Lipinski definition) is 3. The Morgan fingerprint density at radius 2 is 1.82 bits per heavy atom. The average molecular weight is 457 g/mol. The average Bonchev–Trinajstić information content (AvgIpc) is 3.23. The van der Waals surface area contributed by atoms with Crippen molar-refractivity contribution in [2.45, 2.75) is 32.7 Å². The number of aryl methyl sites for hydroxylation is 1. The van der Waals surface area contributed by atoms with Crippen molar-refractivity contribution in [1.82, 2.24) is 14.5 Å². The number of nitrogens with one attached hydrogen (secondary N) is 1. The summed E-state index contributed by atoms with van der Waals surface area (Å²) < 4.78 is 15.7. The van der Waals surface area contributed by atoms with Gasteiger partial charge >= 0.3 is 0 Å². The number of likely N-dealkylation sites (tertiary alicyclic amines) is 1. The fourth-order valence-electron chi connectivity index (χ4n) is 4.86. The molecule has 34 heavy (non-hydrogen) atoms. The number of aromatic nitrogens is 2. The Labute approximate surface area is 199 Å². The maximum absolute atomic E-state index is 13.6. The molecule has 4 aromatic rings. The SMILES string of the molecule is CCc1ccccc1NC(=O)[C@H]1CCCN(Cc2nc3ccccc3n2-c2ccc(F)cc2)C1. The number of rotatable bonds is 6. The van der Waals surface area contributed by atoms with Gasteiger partial charge in [-0.1, -0.05) is 37.3 Å². The molecule has 1 fully saturated rings. The van der Waals surface area contributed by atoms with E-state index in [1.54, 1.807) is 12.1 Å². The third kappa shape index (κ3) is 4.59.